The molecule has 0 amide bonds. The fourth-order valence-electron chi connectivity index (χ4n) is 0.966. The minimum absolute atomic E-state index is 0.928. The fourth-order valence-corrected chi connectivity index (χ4v) is 0.966. The van der Waals surface area contributed by atoms with Crippen molar-refractivity contribution in [1.82, 2.24) is 9.65 Å². The lowest BCUT2D eigenvalue weighted by Gasteiger charge is -1.84. The van der Waals surface area contributed by atoms with Gasteiger partial charge >= 0.3 is 5.71 Å². The number of hydrogen-bond donors (Lipinski definition) is 0. The number of aromatic nitrogens is 1. The molecule has 2 heteroatoms. The van der Waals surface area contributed by atoms with Gasteiger partial charge in [0.15, 0.2) is 5.69 Å². The molecule has 0 bridgehead atoms. The smallest absolute Gasteiger partial charge is 0.249 e. The van der Waals surface area contributed by atoms with Crippen LogP contribution in [0.1, 0.15) is 5.69 Å². The minimum Gasteiger partial charge on any atom is -0.249 e. The summed E-state index contributed by atoms with van der Waals surface area (Å²) in [4.78, 5) is 4.16. The molecule has 0 aromatic carbocycles. The highest BCUT2D eigenvalue weighted by Crippen LogP contribution is 1.96. The van der Waals surface area contributed by atoms with Crippen molar-refractivity contribution in [3.05, 3.63) is 42.2 Å². The van der Waals surface area contributed by atoms with Crippen molar-refractivity contribution in [3.8, 4) is 0 Å². The SMILES string of the molecule is C1=CC(c2ccccn2)=[N+]=C1. The van der Waals surface area contributed by atoms with Crippen LogP contribution in [-0.4, -0.2) is 16.9 Å². The van der Waals surface area contributed by atoms with E-state index in [1.807, 2.05) is 30.4 Å². The number of rotatable bonds is 1. The van der Waals surface area contributed by atoms with Gasteiger partial charge in [-0.15, -0.1) is 0 Å². The van der Waals surface area contributed by atoms with Crippen molar-refractivity contribution < 1.29 is 0 Å². The van der Waals surface area contributed by atoms with E-state index < -0.39 is 0 Å². The summed E-state index contributed by atoms with van der Waals surface area (Å²) in [5, 5.41) is 0. The second-order valence-corrected chi connectivity index (χ2v) is 2.24. The average molecular weight is 143 g/mol. The topological polar surface area (TPSA) is 27.0 Å². The van der Waals surface area contributed by atoms with Crippen molar-refractivity contribution in [2.45, 2.75) is 0 Å². The van der Waals surface area contributed by atoms with Crippen molar-refractivity contribution in [2.24, 2.45) is 0 Å². The number of nitrogens with zero attached hydrogens (tertiary/aromatic N) is 2. The Balaban J connectivity index is 2.46. The molecule has 0 radical (unpaired) electrons. The molecule has 1 aliphatic rings. The summed E-state index contributed by atoms with van der Waals surface area (Å²) in [7, 11) is 0. The van der Waals surface area contributed by atoms with Crippen LogP contribution in [0.3, 0.4) is 0 Å². The van der Waals surface area contributed by atoms with Crippen LogP contribution in [0.5, 0.6) is 0 Å². The van der Waals surface area contributed by atoms with Gasteiger partial charge in [-0.1, -0.05) is 10.7 Å². The van der Waals surface area contributed by atoms with E-state index in [4.69, 9.17) is 0 Å². The molecule has 0 atom stereocenters. The summed E-state index contributed by atoms with van der Waals surface area (Å²) in [6, 6.07) is 5.80. The molecule has 0 saturated heterocycles. The first-order chi connectivity index (χ1) is 5.47. The molecule has 0 N–H and O–H groups in total. The van der Waals surface area contributed by atoms with Gasteiger partial charge in [0.1, 0.15) is 0 Å². The molecule has 11 heavy (non-hydrogen) atoms. The maximum atomic E-state index is 4.16. The van der Waals surface area contributed by atoms with E-state index in [9.17, 15) is 0 Å². The predicted molar refractivity (Wildman–Crippen MR) is 45.7 cm³/mol. The van der Waals surface area contributed by atoms with Gasteiger partial charge in [-0.05, 0) is 12.1 Å². The summed E-state index contributed by atoms with van der Waals surface area (Å²) in [5.41, 5.74) is 1.86. The van der Waals surface area contributed by atoms with Gasteiger partial charge in [0, 0.05) is 18.3 Å². The van der Waals surface area contributed by atoms with E-state index >= 15 is 0 Å². The molecule has 2 rings (SSSR count). The van der Waals surface area contributed by atoms with E-state index in [0.717, 1.165) is 11.4 Å². The van der Waals surface area contributed by atoms with Crippen LogP contribution in [0.4, 0.5) is 0 Å². The van der Waals surface area contributed by atoms with E-state index in [-0.39, 0.29) is 0 Å². The van der Waals surface area contributed by atoms with Crippen molar-refractivity contribution >= 4 is 11.9 Å². The average Bonchev–Trinajstić information content (AvgIpc) is 2.58. The third kappa shape index (κ3) is 1.11. The first-order valence-electron chi connectivity index (χ1n) is 3.46. The molecular weight excluding hydrogens is 136 g/mol. The van der Waals surface area contributed by atoms with Crippen LogP contribution < -0.4 is 4.67 Å². The molecule has 1 aliphatic heterocycles. The molecule has 0 unspecified atom stereocenters. The molecule has 1 aromatic rings. The maximum Gasteiger partial charge on any atom is 0.352 e. The standard InChI is InChI=1S/C9H7N2/c1-2-6-10-8(4-1)9-5-3-7-11-9/h1-7H/q+1. The Kier molecular flexibility index (Phi) is 1.39. The second-order valence-electron chi connectivity index (χ2n) is 2.24. The van der Waals surface area contributed by atoms with E-state index in [0.29, 0.717) is 0 Å². The third-order valence-corrected chi connectivity index (χ3v) is 1.48. The van der Waals surface area contributed by atoms with Gasteiger partial charge in [-0.3, -0.25) is 0 Å². The lowest BCUT2D eigenvalue weighted by Crippen LogP contribution is -1.99. The molecule has 0 fully saturated rings. The monoisotopic (exact) mass is 143 g/mol. The zero-order valence-electron chi connectivity index (χ0n) is 5.94. The molecule has 2 nitrogen and oxygen atoms in total. The Morgan fingerprint density at radius 2 is 2.27 bits per heavy atom. The van der Waals surface area contributed by atoms with Gasteiger partial charge in [0.05, 0.1) is 0 Å². The molecule has 52 valence electrons. The summed E-state index contributed by atoms with van der Waals surface area (Å²) >= 11 is 0. The highest BCUT2D eigenvalue weighted by molar-refractivity contribution is 6.12. The summed E-state index contributed by atoms with van der Waals surface area (Å²) in [5.74, 6) is 0. The highest BCUT2D eigenvalue weighted by atomic mass is 14.7. The van der Waals surface area contributed by atoms with E-state index in [2.05, 4.69) is 9.65 Å². The number of pyridine rings is 1. The van der Waals surface area contributed by atoms with Gasteiger partial charge in [-0.2, -0.15) is 0 Å². The Bertz CT molecular complexity index is 343. The van der Waals surface area contributed by atoms with Crippen molar-refractivity contribution in [2.75, 3.05) is 0 Å². The van der Waals surface area contributed by atoms with Crippen LogP contribution in [0, 0.1) is 0 Å². The fraction of sp³-hybridized carbons (Fsp3) is 0. The van der Waals surface area contributed by atoms with Crippen LogP contribution in [0.25, 0.3) is 0 Å². The van der Waals surface area contributed by atoms with Crippen LogP contribution in [0.15, 0.2) is 36.5 Å². The number of allylic oxidation sites excluding steroid dienone is 2. The third-order valence-electron chi connectivity index (χ3n) is 1.48. The summed E-state index contributed by atoms with van der Waals surface area (Å²) in [6.07, 6.45) is 7.39. The van der Waals surface area contributed by atoms with Gasteiger partial charge in [-0.25, -0.2) is 4.98 Å². The zero-order chi connectivity index (χ0) is 7.52. The Morgan fingerprint density at radius 3 is 2.91 bits per heavy atom. The molecular formula is C9H7N2+. The highest BCUT2D eigenvalue weighted by Gasteiger charge is 2.12. The quantitative estimate of drug-likeness (QED) is 0.528. The molecule has 2 heterocycles. The molecule has 0 aliphatic carbocycles. The van der Waals surface area contributed by atoms with Gasteiger partial charge in [0.25, 0.3) is 6.21 Å². The lowest BCUT2D eigenvalue weighted by molar-refractivity contribution is 1.29. The first kappa shape index (κ1) is 6.08. The van der Waals surface area contributed by atoms with E-state index in [1.165, 1.54) is 0 Å². The zero-order valence-corrected chi connectivity index (χ0v) is 5.94. The molecule has 1 aromatic heterocycles. The minimum atomic E-state index is 0.928. The second kappa shape index (κ2) is 2.52. The van der Waals surface area contributed by atoms with Crippen molar-refractivity contribution in [1.29, 1.82) is 0 Å². The van der Waals surface area contributed by atoms with Crippen LogP contribution >= 0.6 is 0 Å². The summed E-state index contributed by atoms with van der Waals surface area (Å²) in [6.45, 7) is 0. The normalized spacial score (nSPS) is 13.6. The van der Waals surface area contributed by atoms with Crippen LogP contribution in [-0.2, 0) is 0 Å². The largest absolute Gasteiger partial charge is 0.352 e. The Hall–Kier alpha value is -1.66. The van der Waals surface area contributed by atoms with Crippen LogP contribution in [0.2, 0.25) is 0 Å². The molecule has 0 spiro atoms. The van der Waals surface area contributed by atoms with Crippen molar-refractivity contribution in [3.63, 3.8) is 0 Å². The Labute approximate surface area is 64.7 Å². The first-order valence-corrected chi connectivity index (χ1v) is 3.46. The number of hydrogen-bond acceptors (Lipinski definition) is 1. The summed E-state index contributed by atoms with van der Waals surface area (Å²) < 4.78 is 4.12. The molecule has 0 saturated carbocycles. The van der Waals surface area contributed by atoms with Gasteiger partial charge < -0.3 is 0 Å². The van der Waals surface area contributed by atoms with E-state index in [1.54, 1.807) is 12.4 Å². The predicted octanol–water partition coefficient (Wildman–Crippen LogP) is 0.579. The lowest BCUT2D eigenvalue weighted by atomic mass is 10.2. The maximum absolute atomic E-state index is 4.16. The Morgan fingerprint density at radius 1 is 1.27 bits per heavy atom. The van der Waals surface area contributed by atoms with Gasteiger partial charge in [0.2, 0.25) is 0 Å².